The second-order valence-corrected chi connectivity index (χ2v) is 8.81. The van der Waals surface area contributed by atoms with Crippen molar-refractivity contribution in [2.45, 2.75) is 26.4 Å². The molecule has 9 heteroatoms. The van der Waals surface area contributed by atoms with E-state index in [-0.39, 0.29) is 17.9 Å². The van der Waals surface area contributed by atoms with Crippen LogP contribution in [0.4, 0.5) is 4.79 Å². The van der Waals surface area contributed by atoms with E-state index in [9.17, 15) is 9.59 Å². The Hall–Kier alpha value is -3.93. The topological polar surface area (TPSA) is 113 Å². The fourth-order valence-corrected chi connectivity index (χ4v) is 3.49. The SMILES string of the molecule is CC(C)(C)OC(=O)N1CC(CNC(=O)c2cc(-c3ccc(C#N)cc3)n3ncnc3c2)C1. The minimum atomic E-state index is -0.524. The van der Waals surface area contributed by atoms with Crippen LogP contribution in [0.25, 0.3) is 16.9 Å². The Morgan fingerprint density at radius 3 is 2.59 bits per heavy atom. The van der Waals surface area contributed by atoms with Crippen LogP contribution in [0, 0.1) is 17.2 Å². The Kier molecular flexibility index (Phi) is 5.53. The van der Waals surface area contributed by atoms with Crippen LogP contribution in [0.1, 0.15) is 36.7 Å². The van der Waals surface area contributed by atoms with Crippen molar-refractivity contribution >= 4 is 17.6 Å². The summed E-state index contributed by atoms with van der Waals surface area (Å²) >= 11 is 0. The highest BCUT2D eigenvalue weighted by Crippen LogP contribution is 2.23. The number of amides is 2. The first-order chi connectivity index (χ1) is 15.2. The third kappa shape index (κ3) is 4.54. The summed E-state index contributed by atoms with van der Waals surface area (Å²) in [6.45, 7) is 7.06. The number of carbonyl (C=O) groups is 2. The Morgan fingerprint density at radius 2 is 1.94 bits per heavy atom. The smallest absolute Gasteiger partial charge is 0.410 e. The summed E-state index contributed by atoms with van der Waals surface area (Å²) < 4.78 is 7.01. The highest BCUT2D eigenvalue weighted by molar-refractivity contribution is 5.96. The minimum Gasteiger partial charge on any atom is -0.444 e. The predicted molar refractivity (Wildman–Crippen MR) is 117 cm³/mol. The Morgan fingerprint density at radius 1 is 1.22 bits per heavy atom. The molecule has 32 heavy (non-hydrogen) atoms. The van der Waals surface area contributed by atoms with Gasteiger partial charge in [-0.15, -0.1) is 0 Å². The molecule has 4 rings (SSSR count). The van der Waals surface area contributed by atoms with Crippen LogP contribution in [0.5, 0.6) is 0 Å². The normalized spacial score (nSPS) is 14.0. The number of hydrogen-bond donors (Lipinski definition) is 1. The van der Waals surface area contributed by atoms with Gasteiger partial charge >= 0.3 is 6.09 Å². The van der Waals surface area contributed by atoms with Crippen molar-refractivity contribution in [3.63, 3.8) is 0 Å². The first kappa shape index (κ1) is 21.3. The maximum atomic E-state index is 12.8. The molecule has 1 fully saturated rings. The van der Waals surface area contributed by atoms with Crippen LogP contribution in [0.3, 0.4) is 0 Å². The number of benzene rings is 1. The van der Waals surface area contributed by atoms with Gasteiger partial charge in [-0.3, -0.25) is 4.79 Å². The average Bonchev–Trinajstić information content (AvgIpc) is 3.19. The first-order valence-corrected chi connectivity index (χ1v) is 10.3. The van der Waals surface area contributed by atoms with E-state index in [0.717, 1.165) is 5.56 Å². The Labute approximate surface area is 185 Å². The van der Waals surface area contributed by atoms with E-state index >= 15 is 0 Å². The van der Waals surface area contributed by atoms with Gasteiger partial charge in [0, 0.05) is 36.7 Å². The summed E-state index contributed by atoms with van der Waals surface area (Å²) in [7, 11) is 0. The van der Waals surface area contributed by atoms with E-state index < -0.39 is 5.60 Å². The van der Waals surface area contributed by atoms with Crippen LogP contribution in [-0.2, 0) is 4.74 Å². The molecule has 0 aliphatic carbocycles. The number of nitrogens with one attached hydrogen (secondary N) is 1. The molecule has 0 unspecified atom stereocenters. The molecule has 1 saturated heterocycles. The number of aromatic nitrogens is 3. The lowest BCUT2D eigenvalue weighted by atomic mass is 10.0. The molecule has 164 valence electrons. The van der Waals surface area contributed by atoms with Gasteiger partial charge < -0.3 is 15.0 Å². The summed E-state index contributed by atoms with van der Waals surface area (Å²) in [4.78, 5) is 30.7. The number of ether oxygens (including phenoxy) is 1. The average molecular weight is 432 g/mol. The summed E-state index contributed by atoms with van der Waals surface area (Å²) in [5, 5.41) is 16.2. The third-order valence-electron chi connectivity index (χ3n) is 5.11. The molecule has 3 heterocycles. The molecule has 3 aromatic rings. The standard InChI is InChI=1S/C23H24N6O3/c1-23(2,3)32-22(31)28-12-16(13-28)11-25-21(30)18-8-19(29-20(9-18)26-14-27-29)17-6-4-15(10-24)5-7-17/h4-9,14,16H,11-13H2,1-3H3,(H,25,30). The molecule has 1 aliphatic heterocycles. The van der Waals surface area contributed by atoms with Crippen molar-refractivity contribution in [3.05, 3.63) is 53.9 Å². The number of pyridine rings is 1. The molecule has 2 aromatic heterocycles. The van der Waals surface area contributed by atoms with Gasteiger partial charge in [0.2, 0.25) is 0 Å². The zero-order valence-corrected chi connectivity index (χ0v) is 18.2. The quantitative estimate of drug-likeness (QED) is 0.678. The lowest BCUT2D eigenvalue weighted by molar-refractivity contribution is -0.000534. The number of nitrogens with zero attached hydrogens (tertiary/aromatic N) is 5. The van der Waals surface area contributed by atoms with Crippen molar-refractivity contribution in [3.8, 4) is 17.3 Å². The van der Waals surface area contributed by atoms with Crippen molar-refractivity contribution in [2.75, 3.05) is 19.6 Å². The number of rotatable bonds is 4. The predicted octanol–water partition coefficient (Wildman–Crippen LogP) is 2.86. The van der Waals surface area contributed by atoms with Crippen LogP contribution in [-0.4, -0.2) is 56.7 Å². The van der Waals surface area contributed by atoms with Gasteiger partial charge in [-0.05, 0) is 45.0 Å². The van der Waals surface area contributed by atoms with E-state index in [1.54, 1.807) is 33.7 Å². The second kappa shape index (κ2) is 8.30. The highest BCUT2D eigenvalue weighted by atomic mass is 16.6. The summed E-state index contributed by atoms with van der Waals surface area (Å²) in [6.07, 6.45) is 1.11. The molecule has 1 aliphatic rings. The molecule has 1 aromatic carbocycles. The molecule has 0 atom stereocenters. The van der Waals surface area contributed by atoms with Gasteiger partial charge in [0.25, 0.3) is 5.91 Å². The fourth-order valence-electron chi connectivity index (χ4n) is 3.49. The third-order valence-corrected chi connectivity index (χ3v) is 5.11. The summed E-state index contributed by atoms with van der Waals surface area (Å²) in [5.41, 5.74) is 2.57. The Balaban J connectivity index is 1.42. The number of fused-ring (bicyclic) bond motifs is 1. The molecule has 0 bridgehead atoms. The molecule has 0 radical (unpaired) electrons. The van der Waals surface area contributed by atoms with Crippen molar-refractivity contribution in [1.29, 1.82) is 5.26 Å². The molecular weight excluding hydrogens is 408 g/mol. The molecule has 1 N–H and O–H groups in total. The number of nitriles is 1. The van der Waals surface area contributed by atoms with Gasteiger partial charge in [-0.25, -0.2) is 14.3 Å². The van der Waals surface area contributed by atoms with E-state index in [2.05, 4.69) is 21.5 Å². The van der Waals surface area contributed by atoms with Gasteiger partial charge in [0.05, 0.1) is 17.3 Å². The van der Waals surface area contributed by atoms with Gasteiger partial charge in [-0.2, -0.15) is 10.4 Å². The number of hydrogen-bond acceptors (Lipinski definition) is 6. The molecule has 0 spiro atoms. The first-order valence-electron chi connectivity index (χ1n) is 10.3. The van der Waals surface area contributed by atoms with E-state index in [1.807, 2.05) is 32.9 Å². The second-order valence-electron chi connectivity index (χ2n) is 8.81. The molecule has 9 nitrogen and oxygen atoms in total. The van der Waals surface area contributed by atoms with Crippen LogP contribution in [0.15, 0.2) is 42.7 Å². The summed E-state index contributed by atoms with van der Waals surface area (Å²) in [5.74, 6) is -0.0394. The number of carbonyl (C=O) groups excluding carboxylic acids is 2. The zero-order valence-electron chi connectivity index (χ0n) is 18.2. The van der Waals surface area contributed by atoms with Gasteiger partial charge in [0.15, 0.2) is 5.65 Å². The van der Waals surface area contributed by atoms with Crippen LogP contribution < -0.4 is 5.32 Å². The van der Waals surface area contributed by atoms with Crippen molar-refractivity contribution in [1.82, 2.24) is 24.8 Å². The zero-order chi connectivity index (χ0) is 22.9. The van der Waals surface area contributed by atoms with Crippen LogP contribution >= 0.6 is 0 Å². The monoisotopic (exact) mass is 432 g/mol. The highest BCUT2D eigenvalue weighted by Gasteiger charge is 2.33. The lowest BCUT2D eigenvalue weighted by Gasteiger charge is -2.39. The molecule has 0 saturated carbocycles. The van der Waals surface area contributed by atoms with E-state index in [4.69, 9.17) is 10.00 Å². The van der Waals surface area contributed by atoms with Gasteiger partial charge in [0.1, 0.15) is 11.9 Å². The largest absolute Gasteiger partial charge is 0.444 e. The van der Waals surface area contributed by atoms with E-state index in [0.29, 0.717) is 42.1 Å². The van der Waals surface area contributed by atoms with Crippen LogP contribution in [0.2, 0.25) is 0 Å². The molecular formula is C23H24N6O3. The molecule has 2 amide bonds. The summed E-state index contributed by atoms with van der Waals surface area (Å²) in [6, 6.07) is 12.6. The van der Waals surface area contributed by atoms with E-state index in [1.165, 1.54) is 6.33 Å². The Bertz CT molecular complexity index is 1200. The van der Waals surface area contributed by atoms with Gasteiger partial charge in [-0.1, -0.05) is 12.1 Å². The maximum Gasteiger partial charge on any atom is 0.410 e. The maximum absolute atomic E-state index is 12.8. The minimum absolute atomic E-state index is 0.182. The number of likely N-dealkylation sites (tertiary alicyclic amines) is 1. The fraction of sp³-hybridized carbons (Fsp3) is 0.348. The lowest BCUT2D eigenvalue weighted by Crippen LogP contribution is -2.54. The van der Waals surface area contributed by atoms with Crippen molar-refractivity contribution < 1.29 is 14.3 Å². The van der Waals surface area contributed by atoms with Crippen molar-refractivity contribution in [2.24, 2.45) is 5.92 Å².